The van der Waals surface area contributed by atoms with Crippen LogP contribution in [-0.2, 0) is 9.53 Å². The number of aryl methyl sites for hydroxylation is 1. The van der Waals surface area contributed by atoms with Gasteiger partial charge in [-0.25, -0.2) is 4.98 Å². The highest BCUT2D eigenvalue weighted by atomic mass is 35.5. The Hall–Kier alpha value is -0.670. The van der Waals surface area contributed by atoms with Crippen molar-refractivity contribution >= 4 is 47.4 Å². The normalized spacial score (nSPS) is 20.1. The van der Waals surface area contributed by atoms with Crippen LogP contribution in [0.15, 0.2) is 0 Å². The maximum Gasteiger partial charge on any atom is 0.230 e. The summed E-state index contributed by atoms with van der Waals surface area (Å²) < 4.78 is 9.61. The molecule has 24 heavy (non-hydrogen) atoms. The van der Waals surface area contributed by atoms with Crippen LogP contribution in [-0.4, -0.2) is 66.1 Å². The SMILES string of the molecule is Cc1nsc(N2CCN(C(=O)C3(CN)CCOCC3)CC2)n1.Cl.Cl. The third kappa shape index (κ3) is 4.29. The summed E-state index contributed by atoms with van der Waals surface area (Å²) in [5.74, 6) is 1.01. The average molecular weight is 398 g/mol. The molecule has 3 rings (SSSR count). The molecule has 1 amide bonds. The zero-order valence-electron chi connectivity index (χ0n) is 13.8. The molecule has 0 bridgehead atoms. The Balaban J connectivity index is 0.00000144. The van der Waals surface area contributed by atoms with E-state index in [-0.39, 0.29) is 30.7 Å². The minimum absolute atomic E-state index is 0. The van der Waals surface area contributed by atoms with Crippen molar-refractivity contribution in [3.63, 3.8) is 0 Å². The van der Waals surface area contributed by atoms with Gasteiger partial charge in [0.15, 0.2) is 0 Å². The van der Waals surface area contributed by atoms with Gasteiger partial charge in [-0.1, -0.05) is 0 Å². The molecule has 2 fully saturated rings. The van der Waals surface area contributed by atoms with Gasteiger partial charge in [-0.05, 0) is 19.8 Å². The number of hydrogen-bond donors (Lipinski definition) is 1. The quantitative estimate of drug-likeness (QED) is 0.821. The number of nitrogens with zero attached hydrogens (tertiary/aromatic N) is 4. The third-order valence-corrected chi connectivity index (χ3v) is 5.52. The maximum atomic E-state index is 12.9. The van der Waals surface area contributed by atoms with Crippen LogP contribution >= 0.6 is 36.3 Å². The van der Waals surface area contributed by atoms with Gasteiger partial charge < -0.3 is 20.3 Å². The molecule has 0 aromatic carbocycles. The topological polar surface area (TPSA) is 84.6 Å². The van der Waals surface area contributed by atoms with Gasteiger partial charge in [-0.2, -0.15) is 4.37 Å². The van der Waals surface area contributed by atoms with E-state index in [1.807, 2.05) is 11.8 Å². The van der Waals surface area contributed by atoms with Gasteiger partial charge in [-0.3, -0.25) is 4.79 Å². The Morgan fingerprint density at radius 3 is 2.38 bits per heavy atom. The number of rotatable bonds is 3. The number of carbonyl (C=O) groups is 1. The van der Waals surface area contributed by atoms with E-state index in [9.17, 15) is 4.79 Å². The van der Waals surface area contributed by atoms with Crippen molar-refractivity contribution in [1.82, 2.24) is 14.3 Å². The molecule has 10 heteroatoms. The van der Waals surface area contributed by atoms with Gasteiger partial charge >= 0.3 is 0 Å². The Labute approximate surface area is 158 Å². The standard InChI is InChI=1S/C14H23N5O2S.2ClH/c1-11-16-13(22-17-11)19-6-4-18(5-7-19)12(20)14(10-15)2-8-21-9-3-14;;/h2-10,15H2,1H3;2*1H. The molecule has 138 valence electrons. The van der Waals surface area contributed by atoms with Crippen molar-refractivity contribution in [1.29, 1.82) is 0 Å². The molecule has 2 saturated heterocycles. The summed E-state index contributed by atoms with van der Waals surface area (Å²) in [6.07, 6.45) is 1.47. The maximum absolute atomic E-state index is 12.9. The summed E-state index contributed by atoms with van der Waals surface area (Å²) in [4.78, 5) is 21.5. The zero-order chi connectivity index (χ0) is 15.6. The minimum atomic E-state index is -0.417. The second-order valence-corrected chi connectivity index (χ2v) is 6.73. The Morgan fingerprint density at radius 2 is 1.88 bits per heavy atom. The van der Waals surface area contributed by atoms with Crippen LogP contribution in [0.3, 0.4) is 0 Å². The minimum Gasteiger partial charge on any atom is -0.381 e. The highest BCUT2D eigenvalue weighted by Gasteiger charge is 2.42. The molecule has 2 N–H and O–H groups in total. The number of aromatic nitrogens is 2. The highest BCUT2D eigenvalue weighted by molar-refractivity contribution is 7.09. The van der Waals surface area contributed by atoms with Crippen molar-refractivity contribution in [2.75, 3.05) is 50.8 Å². The molecule has 0 radical (unpaired) electrons. The number of nitrogens with two attached hydrogens (primary N) is 1. The Morgan fingerprint density at radius 1 is 1.25 bits per heavy atom. The predicted octanol–water partition coefficient (Wildman–Crippen LogP) is 1.09. The fourth-order valence-corrected chi connectivity index (χ4v) is 3.84. The second kappa shape index (κ2) is 9.15. The molecule has 2 aliphatic rings. The molecule has 7 nitrogen and oxygen atoms in total. The number of halogens is 2. The van der Waals surface area contributed by atoms with Crippen LogP contribution in [0, 0.1) is 12.3 Å². The van der Waals surface area contributed by atoms with Crippen LogP contribution in [0.5, 0.6) is 0 Å². The number of carbonyl (C=O) groups excluding carboxylic acids is 1. The van der Waals surface area contributed by atoms with E-state index in [2.05, 4.69) is 14.3 Å². The molecule has 0 spiro atoms. The number of amides is 1. The average Bonchev–Trinajstić information content (AvgIpc) is 3.01. The smallest absolute Gasteiger partial charge is 0.230 e. The van der Waals surface area contributed by atoms with E-state index in [1.165, 1.54) is 11.5 Å². The molecule has 3 heterocycles. The van der Waals surface area contributed by atoms with Crippen molar-refractivity contribution in [2.45, 2.75) is 19.8 Å². The molecular weight excluding hydrogens is 373 g/mol. The molecule has 1 aromatic heterocycles. The largest absolute Gasteiger partial charge is 0.381 e. The lowest BCUT2D eigenvalue weighted by atomic mass is 9.78. The number of anilines is 1. The lowest BCUT2D eigenvalue weighted by molar-refractivity contribution is -0.147. The number of ether oxygens (including phenoxy) is 1. The lowest BCUT2D eigenvalue weighted by Gasteiger charge is -2.42. The molecule has 0 aliphatic carbocycles. The zero-order valence-corrected chi connectivity index (χ0v) is 16.2. The van der Waals surface area contributed by atoms with Gasteiger partial charge in [0.2, 0.25) is 11.0 Å². The van der Waals surface area contributed by atoms with Gasteiger partial charge in [0.25, 0.3) is 0 Å². The second-order valence-electron chi connectivity index (χ2n) is 6.00. The van der Waals surface area contributed by atoms with Crippen LogP contribution in [0.4, 0.5) is 5.13 Å². The molecule has 0 saturated carbocycles. The molecular formula is C14H25Cl2N5O2S. The van der Waals surface area contributed by atoms with E-state index in [0.29, 0.717) is 19.8 Å². The first-order valence-corrected chi connectivity index (χ1v) is 8.54. The third-order valence-electron chi connectivity index (χ3n) is 4.65. The summed E-state index contributed by atoms with van der Waals surface area (Å²) in [6.45, 7) is 6.62. The summed E-state index contributed by atoms with van der Waals surface area (Å²) in [6, 6.07) is 0. The van der Waals surface area contributed by atoms with Crippen molar-refractivity contribution in [3.8, 4) is 0 Å². The van der Waals surface area contributed by atoms with Crippen LogP contribution in [0.2, 0.25) is 0 Å². The van der Waals surface area contributed by atoms with Crippen molar-refractivity contribution in [2.24, 2.45) is 11.1 Å². The predicted molar refractivity (Wildman–Crippen MR) is 99.5 cm³/mol. The first-order chi connectivity index (χ1) is 10.6. The lowest BCUT2D eigenvalue weighted by Crippen LogP contribution is -2.56. The van der Waals surface area contributed by atoms with E-state index in [0.717, 1.165) is 50.0 Å². The first-order valence-electron chi connectivity index (χ1n) is 7.77. The van der Waals surface area contributed by atoms with Gasteiger partial charge in [0.05, 0.1) is 5.41 Å². The summed E-state index contributed by atoms with van der Waals surface area (Å²) in [5.41, 5.74) is 5.52. The molecule has 0 unspecified atom stereocenters. The van der Waals surface area contributed by atoms with Gasteiger partial charge in [0, 0.05) is 57.5 Å². The van der Waals surface area contributed by atoms with Gasteiger partial charge in [0.1, 0.15) is 5.82 Å². The van der Waals surface area contributed by atoms with E-state index in [1.54, 1.807) is 0 Å². The molecule has 0 atom stereocenters. The van der Waals surface area contributed by atoms with E-state index in [4.69, 9.17) is 10.5 Å². The van der Waals surface area contributed by atoms with E-state index >= 15 is 0 Å². The summed E-state index contributed by atoms with van der Waals surface area (Å²) in [7, 11) is 0. The Bertz CT molecular complexity index is 531. The van der Waals surface area contributed by atoms with E-state index < -0.39 is 5.41 Å². The number of piperazine rings is 1. The monoisotopic (exact) mass is 397 g/mol. The highest BCUT2D eigenvalue weighted by Crippen LogP contribution is 2.32. The number of hydrogen-bond acceptors (Lipinski definition) is 7. The van der Waals surface area contributed by atoms with Crippen molar-refractivity contribution < 1.29 is 9.53 Å². The summed E-state index contributed by atoms with van der Waals surface area (Å²) >= 11 is 1.42. The van der Waals surface area contributed by atoms with Crippen LogP contribution in [0.25, 0.3) is 0 Å². The fraction of sp³-hybridized carbons (Fsp3) is 0.786. The van der Waals surface area contributed by atoms with Crippen LogP contribution in [0.1, 0.15) is 18.7 Å². The first kappa shape index (κ1) is 21.4. The van der Waals surface area contributed by atoms with Crippen LogP contribution < -0.4 is 10.6 Å². The summed E-state index contributed by atoms with van der Waals surface area (Å²) in [5, 5.41) is 0.948. The van der Waals surface area contributed by atoms with Gasteiger partial charge in [-0.15, -0.1) is 24.8 Å². The Kier molecular flexibility index (Phi) is 8.14. The molecule has 1 aromatic rings. The van der Waals surface area contributed by atoms with Crippen molar-refractivity contribution in [3.05, 3.63) is 5.82 Å². The fourth-order valence-electron chi connectivity index (χ4n) is 3.12. The molecule has 2 aliphatic heterocycles.